The fourth-order valence-corrected chi connectivity index (χ4v) is 8.62. The topological polar surface area (TPSA) is 218 Å². The van der Waals surface area contributed by atoms with E-state index >= 15 is 4.39 Å². The van der Waals surface area contributed by atoms with E-state index in [-0.39, 0.29) is 43.9 Å². The lowest BCUT2D eigenvalue weighted by Crippen LogP contribution is -2.61. The number of aliphatic hydroxyl groups excluding tert-OH is 1. The molecule has 2 amide bonds. The van der Waals surface area contributed by atoms with Gasteiger partial charge in [-0.2, -0.15) is 0 Å². The van der Waals surface area contributed by atoms with Gasteiger partial charge in [0.1, 0.15) is 30.1 Å². The highest BCUT2D eigenvalue weighted by atomic mass is 19.1. The largest absolute Gasteiger partial charge is 0.457 e. The molecule has 0 radical (unpaired) electrons. The first-order chi connectivity index (χ1) is 27.4. The number of likely N-dealkylation sites (N-methyl/N-ethyl adjacent to an activating group) is 1. The summed E-state index contributed by atoms with van der Waals surface area (Å²) < 4.78 is 48.5. The van der Waals surface area contributed by atoms with Gasteiger partial charge in [0.05, 0.1) is 37.1 Å². The number of esters is 1. The van der Waals surface area contributed by atoms with Crippen molar-refractivity contribution in [2.75, 3.05) is 27.3 Å². The number of amides is 2. The zero-order valence-electron chi connectivity index (χ0n) is 36.1. The van der Waals surface area contributed by atoms with Gasteiger partial charge in [0.2, 0.25) is 11.8 Å². The van der Waals surface area contributed by atoms with Crippen LogP contribution in [0.15, 0.2) is 34.4 Å². The lowest BCUT2D eigenvalue weighted by molar-refractivity contribution is -0.296. The minimum absolute atomic E-state index is 0.0191. The number of primary amides is 1. The van der Waals surface area contributed by atoms with Crippen molar-refractivity contribution >= 4 is 35.0 Å². The van der Waals surface area contributed by atoms with Crippen molar-refractivity contribution in [2.45, 2.75) is 148 Å². The first-order valence-corrected chi connectivity index (χ1v) is 20.2. The van der Waals surface area contributed by atoms with Gasteiger partial charge in [-0.15, -0.1) is 0 Å². The Kier molecular flexibility index (Phi) is 15.7. The van der Waals surface area contributed by atoms with Crippen LogP contribution in [-0.4, -0.2) is 137 Å². The zero-order valence-corrected chi connectivity index (χ0v) is 36.1. The predicted molar refractivity (Wildman–Crippen MR) is 214 cm³/mol. The fraction of sp³-hybridized carbons (Fsp3) is 0.714. The number of benzene rings is 1. The number of nitrogens with zero attached hydrogens (tertiary/aromatic N) is 3. The summed E-state index contributed by atoms with van der Waals surface area (Å²) in [6.07, 6.45) is -6.65. The van der Waals surface area contributed by atoms with Gasteiger partial charge >= 0.3 is 5.97 Å². The van der Waals surface area contributed by atoms with Crippen LogP contribution in [-0.2, 0) is 49.5 Å². The Bertz CT molecular complexity index is 1750. The smallest absolute Gasteiger partial charge is 0.351 e. The quantitative estimate of drug-likeness (QED) is 0.195. The van der Waals surface area contributed by atoms with E-state index in [1.807, 2.05) is 11.8 Å². The number of fused-ring (bicyclic) bond motifs is 5. The van der Waals surface area contributed by atoms with E-state index in [4.69, 9.17) is 34.3 Å². The van der Waals surface area contributed by atoms with E-state index < -0.39 is 101 Å². The molecule has 3 fully saturated rings. The summed E-state index contributed by atoms with van der Waals surface area (Å²) in [6.45, 7) is 12.7. The standard InChI is InChI=1S/C42H63FN4O12/c1-12-31-42(9,53)36-24(4)32(45-26(6)48)22(2)18-40(7,55-21-29(20-54-36)46-56-19-27-14-13-15-28(17-27)37(44)51)35(25(5)34(50)41(8,43)39(52)58-31)59-38-33(49)30(47(10)11)16-23(3)57-38/h13-15,17,22-25,30-31,33,35-36,38,49,53H,12,16,18-21H2,1-11H3,(H2,44,51)/b45-32?,46-29+/t22-,23-,24+,25+,30+,31-,33-,35-,36-,38+,40-,41+,42-/m1/s1. The number of halogens is 1. The van der Waals surface area contributed by atoms with Gasteiger partial charge in [-0.3, -0.25) is 14.4 Å². The maximum atomic E-state index is 16.9. The van der Waals surface area contributed by atoms with E-state index in [1.54, 1.807) is 66.1 Å². The molecule has 17 heteroatoms. The second-order valence-corrected chi connectivity index (χ2v) is 17.1. The molecule has 59 heavy (non-hydrogen) atoms. The van der Waals surface area contributed by atoms with Crippen LogP contribution in [0.5, 0.6) is 0 Å². The van der Waals surface area contributed by atoms with Crippen LogP contribution in [0, 0.1) is 17.8 Å². The number of aliphatic imine (C=N–C) groups is 1. The van der Waals surface area contributed by atoms with Crippen molar-refractivity contribution in [1.29, 1.82) is 0 Å². The summed E-state index contributed by atoms with van der Waals surface area (Å²) in [6, 6.07) is 6.07. The summed E-state index contributed by atoms with van der Waals surface area (Å²) in [4.78, 5) is 64.8. The molecule has 0 saturated carbocycles. The molecule has 13 atom stereocenters. The molecule has 3 aliphatic rings. The molecule has 330 valence electrons. The molecule has 3 saturated heterocycles. The van der Waals surface area contributed by atoms with Gasteiger partial charge in [-0.05, 0) is 84.7 Å². The minimum Gasteiger partial charge on any atom is -0.457 e. The summed E-state index contributed by atoms with van der Waals surface area (Å²) in [5.74, 6) is -6.83. The minimum atomic E-state index is -3.23. The third-order valence-electron chi connectivity index (χ3n) is 11.8. The second-order valence-electron chi connectivity index (χ2n) is 17.1. The van der Waals surface area contributed by atoms with Gasteiger partial charge in [0, 0.05) is 36.1 Å². The molecule has 4 rings (SSSR count). The van der Waals surface area contributed by atoms with E-state index in [9.17, 15) is 29.4 Å². The number of carbonyl (C=O) groups excluding carboxylic acids is 4. The van der Waals surface area contributed by atoms with Crippen molar-refractivity contribution in [2.24, 2.45) is 33.6 Å². The van der Waals surface area contributed by atoms with Crippen LogP contribution in [0.2, 0.25) is 0 Å². The normalized spacial score (nSPS) is 39.2. The number of carbonyl (C=O) groups is 4. The van der Waals surface area contributed by atoms with Crippen LogP contribution < -0.4 is 5.73 Å². The highest BCUT2D eigenvalue weighted by Crippen LogP contribution is 2.41. The number of ketones is 1. The SMILES string of the molecule is CC[C@H]1OC(=O)[C@@](C)(F)C(=O)[C@H](C)[C@@H](O[C@@H]2O[C@H](C)C[C@H](N(C)C)[C@H]2O)[C@@]2(C)C[C@@H](C)C(=NC(C)=O)[C@H](C)[C@@H](OC/C(=N\OCc3cccc(C(N)=O)c3)CO2)[C@]1(C)O. The van der Waals surface area contributed by atoms with Gasteiger partial charge in [0.15, 0.2) is 12.1 Å². The lowest BCUT2D eigenvalue weighted by Gasteiger charge is -2.47. The third kappa shape index (κ3) is 11.0. The van der Waals surface area contributed by atoms with Crippen molar-refractivity contribution in [3.05, 3.63) is 35.4 Å². The van der Waals surface area contributed by atoms with E-state index in [0.717, 1.165) is 6.92 Å². The molecule has 0 aromatic heterocycles. The van der Waals surface area contributed by atoms with E-state index in [1.165, 1.54) is 20.8 Å². The Labute approximate surface area is 345 Å². The molecule has 3 aliphatic heterocycles. The van der Waals surface area contributed by atoms with Crippen LogP contribution in [0.3, 0.4) is 0 Å². The van der Waals surface area contributed by atoms with Crippen LogP contribution in [0.1, 0.15) is 97.5 Å². The molecule has 3 heterocycles. The predicted octanol–water partition coefficient (Wildman–Crippen LogP) is 3.31. The number of oxime groups is 1. The van der Waals surface area contributed by atoms with Crippen LogP contribution in [0.25, 0.3) is 0 Å². The molecule has 1 aromatic carbocycles. The molecular weight excluding hydrogens is 771 g/mol. The molecule has 0 unspecified atom stereocenters. The van der Waals surface area contributed by atoms with Gasteiger partial charge in [-0.25, -0.2) is 14.2 Å². The number of nitrogens with two attached hydrogens (primary N) is 1. The molecule has 16 nitrogen and oxygen atoms in total. The Balaban J connectivity index is 1.96. The monoisotopic (exact) mass is 834 g/mol. The Morgan fingerprint density at radius 1 is 1.08 bits per heavy atom. The zero-order chi connectivity index (χ0) is 44.2. The number of aliphatic hydroxyl groups is 2. The van der Waals surface area contributed by atoms with Crippen molar-refractivity contribution in [3.8, 4) is 0 Å². The number of ether oxygens (including phenoxy) is 5. The lowest BCUT2D eigenvalue weighted by atomic mass is 9.73. The molecule has 2 bridgehead atoms. The second kappa shape index (κ2) is 19.3. The maximum absolute atomic E-state index is 16.9. The average Bonchev–Trinajstić information content (AvgIpc) is 3.17. The van der Waals surface area contributed by atoms with E-state index in [2.05, 4.69) is 10.1 Å². The van der Waals surface area contributed by atoms with Crippen molar-refractivity contribution in [1.82, 2.24) is 4.90 Å². The van der Waals surface area contributed by atoms with Crippen LogP contribution in [0.4, 0.5) is 4.39 Å². The molecular formula is C42H63FN4O12. The van der Waals surface area contributed by atoms with E-state index in [0.29, 0.717) is 17.7 Å². The highest BCUT2D eigenvalue weighted by Gasteiger charge is 2.56. The van der Waals surface area contributed by atoms with Gasteiger partial charge in [-0.1, -0.05) is 45.0 Å². The van der Waals surface area contributed by atoms with Crippen LogP contribution >= 0.6 is 0 Å². The van der Waals surface area contributed by atoms with Gasteiger partial charge in [0.25, 0.3) is 5.67 Å². The fourth-order valence-electron chi connectivity index (χ4n) is 8.62. The number of alkyl halides is 1. The number of Topliss-reactive ketones (excluding diaryl/α,β-unsaturated/α-hetero) is 1. The number of hydrogen-bond acceptors (Lipinski definition) is 14. The van der Waals surface area contributed by atoms with Crippen molar-refractivity contribution < 1.29 is 62.3 Å². The molecule has 0 spiro atoms. The Morgan fingerprint density at radius 3 is 2.37 bits per heavy atom. The summed E-state index contributed by atoms with van der Waals surface area (Å²) in [5, 5.41) is 28.3. The third-order valence-corrected chi connectivity index (χ3v) is 11.8. The number of rotatable bonds is 8. The molecule has 1 aromatic rings. The highest BCUT2D eigenvalue weighted by molar-refractivity contribution is 6.08. The first kappa shape index (κ1) is 48.0. The molecule has 0 aliphatic carbocycles. The average molecular weight is 835 g/mol. The van der Waals surface area contributed by atoms with Crippen molar-refractivity contribution in [3.63, 3.8) is 0 Å². The summed E-state index contributed by atoms with van der Waals surface area (Å²) >= 11 is 0. The summed E-state index contributed by atoms with van der Waals surface area (Å²) in [7, 11) is 3.61. The number of cyclic esters (lactones) is 1. The number of hydrogen-bond donors (Lipinski definition) is 3. The molecule has 4 N–H and O–H groups in total. The Morgan fingerprint density at radius 2 is 1.76 bits per heavy atom. The Hall–Kier alpha value is -3.71. The van der Waals surface area contributed by atoms with Gasteiger partial charge < -0.3 is 49.4 Å². The summed E-state index contributed by atoms with van der Waals surface area (Å²) in [5.41, 5.74) is -0.112. The maximum Gasteiger partial charge on any atom is 0.351 e. The first-order valence-electron chi connectivity index (χ1n) is 20.2.